The van der Waals surface area contributed by atoms with E-state index in [-0.39, 0.29) is 52.0 Å². The van der Waals surface area contributed by atoms with Crippen molar-refractivity contribution in [2.24, 2.45) is 0 Å². The van der Waals surface area contributed by atoms with Gasteiger partial charge in [-0.2, -0.15) is 0 Å². The molecule has 2 aliphatic carbocycles. The standard InChI is InChI=1S/C16H16O2S.C16H16OS.C16H12OS.C15H14O2S.C15H16OS.C14H12O2S.C12H9ClOS/c1-10(17)11-2-6-13(7-3-11)16(18)15-9-8-14(19-15)12-4-5-12;1-11(17)13-4-2-12(3-5-13)10-15-8-9-16(18-15)14-6-7-14;1-11(17)15-9-10-16(18-15)14-8-4-6-12-5-2-3-7-13(12)14;1-10(16)13-5-3-12(4-6-13)9-14-7-8-15(18-14)11(2)17;1-10-5-4-6-11(2)14(10)9-13-7-8-15(17-13)12(3)16;1-9-3-8-13(17-9)14(16)12-6-4-11(5-7-12)10(2)15;1-8(14)11-6-7-12(15-11)9-4-2-3-5-10(9)13/h2-3,6-9,12,16-18H,1,4-5H2;2-5,8-9,14,17H,1,6-7,10H2;2-10H,1H3;3-8,16H,1,9H2,2H3;4-8H,9H2,1-3H3;3-8,15H,2H2,1H3;2-7H,1H3. The van der Waals surface area contributed by atoms with Gasteiger partial charge in [0.25, 0.3) is 0 Å². The van der Waals surface area contributed by atoms with Crippen LogP contribution in [0.1, 0.15) is 215 Å². The number of rotatable bonds is 22. The number of benzene rings is 8. The van der Waals surface area contributed by atoms with Crippen LogP contribution in [0.25, 0.3) is 54.7 Å². The van der Waals surface area contributed by atoms with Gasteiger partial charge < -0.3 is 25.5 Å². The van der Waals surface area contributed by atoms with Crippen molar-refractivity contribution < 1.29 is 49.5 Å². The van der Waals surface area contributed by atoms with E-state index in [9.17, 15) is 49.5 Å². The molecule has 0 radical (unpaired) electrons. The molecule has 2 aliphatic rings. The smallest absolute Gasteiger partial charge is 0.202 e. The minimum Gasteiger partial charge on any atom is -0.508 e. The second-order valence-electron chi connectivity index (χ2n) is 29.6. The Kier molecular flexibility index (Phi) is 32.6. The van der Waals surface area contributed by atoms with E-state index in [0.717, 1.165) is 113 Å². The molecule has 5 N–H and O–H groups in total. The lowest BCUT2D eigenvalue weighted by molar-refractivity contribution is 0.101. The van der Waals surface area contributed by atoms with Crippen molar-refractivity contribution in [2.75, 3.05) is 0 Å². The molecule has 17 rings (SSSR count). The molecule has 2 saturated carbocycles. The fraction of sp³-hybridized carbons (Fsp3) is 0.163. The van der Waals surface area contributed by atoms with Gasteiger partial charge in [0.2, 0.25) is 5.78 Å². The first-order valence-corrected chi connectivity index (χ1v) is 45.7. The Balaban J connectivity index is 0.000000139. The molecule has 122 heavy (non-hydrogen) atoms. The van der Waals surface area contributed by atoms with E-state index in [4.69, 9.17) is 11.6 Å². The summed E-state index contributed by atoms with van der Waals surface area (Å²) < 4.78 is 0. The van der Waals surface area contributed by atoms with Gasteiger partial charge in [0.15, 0.2) is 23.1 Å². The highest BCUT2D eigenvalue weighted by Gasteiger charge is 2.27. The zero-order chi connectivity index (χ0) is 87.3. The van der Waals surface area contributed by atoms with Crippen LogP contribution in [0.15, 0.2) is 293 Å². The highest BCUT2D eigenvalue weighted by Crippen LogP contribution is 2.46. The first-order valence-electron chi connectivity index (χ1n) is 39.6. The number of carbonyl (C=O) groups excluding carboxylic acids is 5. The van der Waals surface area contributed by atoms with Gasteiger partial charge in [-0.3, -0.25) is 24.0 Å². The van der Waals surface area contributed by atoms with Crippen molar-refractivity contribution in [3.05, 3.63) is 418 Å². The van der Waals surface area contributed by atoms with Crippen molar-refractivity contribution in [1.82, 2.24) is 0 Å². The van der Waals surface area contributed by atoms with Crippen molar-refractivity contribution in [3.8, 4) is 20.9 Å². The minimum absolute atomic E-state index is 0.0102. The lowest BCUT2D eigenvalue weighted by Gasteiger charge is -2.09. The first kappa shape index (κ1) is 91.4. The number of ketones is 5. The van der Waals surface area contributed by atoms with Gasteiger partial charge in [-0.1, -0.05) is 214 Å². The van der Waals surface area contributed by atoms with Crippen LogP contribution in [-0.2, 0) is 19.3 Å². The third-order valence-corrected chi connectivity index (χ3v) is 28.7. The van der Waals surface area contributed by atoms with E-state index >= 15 is 0 Å². The van der Waals surface area contributed by atoms with Gasteiger partial charge in [-0.05, 0) is 227 Å². The second kappa shape index (κ2) is 43.4. The summed E-state index contributed by atoms with van der Waals surface area (Å²) in [6.07, 6.45) is 7.42. The molecule has 7 heterocycles. The van der Waals surface area contributed by atoms with Crippen LogP contribution >= 0.6 is 91.0 Å². The van der Waals surface area contributed by atoms with Gasteiger partial charge in [0, 0.05) is 102 Å². The van der Waals surface area contributed by atoms with Crippen LogP contribution in [0.5, 0.6) is 0 Å². The molecular weight excluding hydrogens is 1670 g/mol. The summed E-state index contributed by atoms with van der Waals surface area (Å²) in [6, 6.07) is 86.2. The van der Waals surface area contributed by atoms with Crippen LogP contribution in [-0.4, -0.2) is 54.4 Å². The molecule has 1 unspecified atom stereocenters. The highest BCUT2D eigenvalue weighted by atomic mass is 35.5. The SMILES string of the molecule is C=C(O)c1ccc(C(=O)c2ccc(C)s2)cc1.C=C(O)c1ccc(C(O)c2ccc(C3CC3)s2)cc1.C=C(O)c1ccc(Cc2ccc(C(C)=O)s2)cc1.C=C(O)c1ccc(Cc2ccc(C3CC3)s2)cc1.CC(=O)c1ccc(-c2cccc3ccccc23)s1.CC(=O)c1ccc(-c2ccccc2Cl)s1.CC(=O)c1ccc(Cc2c(C)cccc2C)s1. The molecule has 0 bridgehead atoms. The molecule has 7 aromatic heterocycles. The largest absolute Gasteiger partial charge is 0.508 e. The summed E-state index contributed by atoms with van der Waals surface area (Å²) in [6.45, 7) is 26.6. The molecule has 1 atom stereocenters. The van der Waals surface area contributed by atoms with E-state index in [1.165, 1.54) is 113 Å². The lowest BCUT2D eigenvalue weighted by Crippen LogP contribution is -1.98. The normalized spacial score (nSPS) is 11.9. The number of hydrogen-bond donors (Lipinski definition) is 5. The number of Topliss-reactive ketones (excluding diaryl/α,β-unsaturated/α-hetero) is 4. The Morgan fingerprint density at radius 2 is 0.754 bits per heavy atom. The number of fused-ring (bicyclic) bond motifs is 1. The third-order valence-electron chi connectivity index (χ3n) is 20.0. The zero-order valence-electron chi connectivity index (χ0n) is 68.9. The van der Waals surface area contributed by atoms with E-state index in [0.29, 0.717) is 16.7 Å². The summed E-state index contributed by atoms with van der Waals surface area (Å²) in [5.41, 5.74) is 12.9. The number of thiophene rings is 7. The summed E-state index contributed by atoms with van der Waals surface area (Å²) in [5, 5.41) is 50.5. The molecule has 8 aromatic carbocycles. The maximum atomic E-state index is 12.1. The number of aliphatic hydroxyl groups excluding tert-OH is 5. The monoisotopic (exact) mass is 1760 g/mol. The number of carbonyl (C=O) groups is 5. The number of hydrogen-bond acceptors (Lipinski definition) is 17. The molecular formula is C104H95ClO10S7. The fourth-order valence-electron chi connectivity index (χ4n) is 12.8. The topological polar surface area (TPSA) is 186 Å². The van der Waals surface area contributed by atoms with Gasteiger partial charge in [0.1, 0.15) is 29.1 Å². The average Bonchev–Trinajstić information content (AvgIpc) is 1.41. The Morgan fingerprint density at radius 3 is 1.22 bits per heavy atom. The molecule has 2 fully saturated rings. The zero-order valence-corrected chi connectivity index (χ0v) is 75.4. The predicted molar refractivity (Wildman–Crippen MR) is 517 cm³/mol. The van der Waals surface area contributed by atoms with Crippen molar-refractivity contribution in [1.29, 1.82) is 0 Å². The Bertz CT molecular complexity index is 6160. The van der Waals surface area contributed by atoms with Crippen molar-refractivity contribution in [2.45, 2.75) is 111 Å². The van der Waals surface area contributed by atoms with Gasteiger partial charge >= 0.3 is 0 Å². The van der Waals surface area contributed by atoms with Crippen LogP contribution < -0.4 is 0 Å². The molecule has 0 spiro atoms. The average molecular weight is 1760 g/mol. The predicted octanol–water partition coefficient (Wildman–Crippen LogP) is 30.1. The molecule has 10 nitrogen and oxygen atoms in total. The molecule has 0 saturated heterocycles. The minimum atomic E-state index is -0.585. The van der Waals surface area contributed by atoms with E-state index in [1.807, 2.05) is 164 Å². The Hall–Kier alpha value is -11.3. The van der Waals surface area contributed by atoms with E-state index < -0.39 is 6.10 Å². The van der Waals surface area contributed by atoms with Crippen LogP contribution in [0.2, 0.25) is 5.02 Å². The maximum absolute atomic E-state index is 12.1. The molecule has 0 amide bonds. The molecule has 0 aliphatic heterocycles. The van der Waals surface area contributed by atoms with E-state index in [1.54, 1.807) is 103 Å². The van der Waals surface area contributed by atoms with Crippen molar-refractivity contribution in [3.63, 3.8) is 0 Å². The molecule has 620 valence electrons. The van der Waals surface area contributed by atoms with Gasteiger partial charge in [0.05, 0.1) is 24.4 Å². The lowest BCUT2D eigenvalue weighted by atomic mass is 9.99. The fourth-order valence-corrected chi connectivity index (χ4v) is 20.1. The quantitative estimate of drug-likeness (QED) is 0.0323. The highest BCUT2D eigenvalue weighted by molar-refractivity contribution is 7.18. The maximum Gasteiger partial charge on any atom is 0.202 e. The van der Waals surface area contributed by atoms with Crippen LogP contribution in [0.4, 0.5) is 0 Å². The summed E-state index contributed by atoms with van der Waals surface area (Å²) in [5.74, 6) is 2.35. The van der Waals surface area contributed by atoms with Crippen LogP contribution in [0, 0.1) is 20.8 Å². The number of halogens is 1. The molecule has 18 heteroatoms. The summed E-state index contributed by atoms with van der Waals surface area (Å²) in [4.78, 5) is 72.1. The van der Waals surface area contributed by atoms with E-state index in [2.05, 4.69) is 125 Å². The Labute approximate surface area is 747 Å². The van der Waals surface area contributed by atoms with Gasteiger partial charge in [-0.15, -0.1) is 79.4 Å². The second-order valence-corrected chi connectivity index (χ2v) is 38.2. The Morgan fingerprint density at radius 1 is 0.369 bits per heavy atom. The van der Waals surface area contributed by atoms with Crippen LogP contribution in [0.3, 0.4) is 0 Å². The molecule has 15 aromatic rings. The summed E-state index contributed by atoms with van der Waals surface area (Å²) >= 11 is 17.4. The number of aliphatic hydroxyl groups is 5. The first-order chi connectivity index (χ1) is 58.5. The van der Waals surface area contributed by atoms with Gasteiger partial charge in [-0.25, -0.2) is 0 Å². The number of aryl methyl sites for hydroxylation is 3. The third kappa shape index (κ3) is 26.1. The van der Waals surface area contributed by atoms with Crippen molar-refractivity contribution >= 4 is 154 Å². The summed E-state index contributed by atoms with van der Waals surface area (Å²) in [7, 11) is 0.